The summed E-state index contributed by atoms with van der Waals surface area (Å²) in [6, 6.07) is 17.7. The number of pyridine rings is 1. The average Bonchev–Trinajstić information content (AvgIpc) is 2.78. The molecule has 2 aliphatic rings. The van der Waals surface area contributed by atoms with E-state index in [0.29, 0.717) is 29.6 Å². The Hall–Kier alpha value is -2.96. The van der Waals surface area contributed by atoms with Gasteiger partial charge in [-0.25, -0.2) is 9.37 Å². The third kappa shape index (κ3) is 3.53. The van der Waals surface area contributed by atoms with Crippen LogP contribution in [0.4, 0.5) is 15.9 Å². The Morgan fingerprint density at radius 2 is 1.93 bits per heavy atom. The van der Waals surface area contributed by atoms with E-state index in [1.165, 1.54) is 12.1 Å². The van der Waals surface area contributed by atoms with Gasteiger partial charge in [0.25, 0.3) is 0 Å². The Labute approximate surface area is 174 Å². The van der Waals surface area contributed by atoms with E-state index in [0.717, 1.165) is 24.8 Å². The number of fused-ring (bicyclic) bond motifs is 2. The van der Waals surface area contributed by atoms with E-state index < -0.39 is 6.10 Å². The van der Waals surface area contributed by atoms with Crippen molar-refractivity contribution in [3.8, 4) is 11.5 Å². The van der Waals surface area contributed by atoms with Crippen LogP contribution in [0.3, 0.4) is 0 Å². The van der Waals surface area contributed by atoms with Crippen molar-refractivity contribution in [2.24, 2.45) is 0 Å². The molecule has 0 saturated heterocycles. The SMILES string of the molecule is O[C@H]1[C@H](N2c3cc(F)ccc3Oc3cccnc32)CCC[C@H]1OCc1ccccc1. The molecule has 2 heterocycles. The van der Waals surface area contributed by atoms with Gasteiger partial charge in [0.15, 0.2) is 17.3 Å². The number of hydrogen-bond donors (Lipinski definition) is 1. The van der Waals surface area contributed by atoms with Crippen LogP contribution in [-0.4, -0.2) is 28.3 Å². The molecule has 0 amide bonds. The predicted molar refractivity (Wildman–Crippen MR) is 112 cm³/mol. The van der Waals surface area contributed by atoms with Gasteiger partial charge in [0, 0.05) is 12.3 Å². The molecule has 3 aromatic rings. The molecule has 1 aliphatic carbocycles. The minimum atomic E-state index is -0.744. The fourth-order valence-corrected chi connectivity index (χ4v) is 4.33. The maximum Gasteiger partial charge on any atom is 0.177 e. The number of hydrogen-bond acceptors (Lipinski definition) is 5. The maximum atomic E-state index is 14.1. The van der Waals surface area contributed by atoms with E-state index in [4.69, 9.17) is 9.47 Å². The van der Waals surface area contributed by atoms with Crippen LogP contribution in [0, 0.1) is 5.82 Å². The summed E-state index contributed by atoms with van der Waals surface area (Å²) >= 11 is 0. The summed E-state index contributed by atoms with van der Waals surface area (Å²) in [5, 5.41) is 11.3. The van der Waals surface area contributed by atoms with E-state index in [9.17, 15) is 9.50 Å². The molecule has 5 nitrogen and oxygen atoms in total. The van der Waals surface area contributed by atoms with Gasteiger partial charge in [-0.2, -0.15) is 0 Å². The summed E-state index contributed by atoms with van der Waals surface area (Å²) in [4.78, 5) is 6.40. The number of ether oxygens (including phenoxy) is 2. The molecule has 6 heteroatoms. The molecule has 1 saturated carbocycles. The summed E-state index contributed by atoms with van der Waals surface area (Å²) in [5.41, 5.74) is 1.64. The molecule has 5 rings (SSSR count). The van der Waals surface area contributed by atoms with E-state index in [2.05, 4.69) is 4.98 Å². The number of aromatic nitrogens is 1. The second-order valence-corrected chi connectivity index (χ2v) is 7.73. The first-order valence-electron chi connectivity index (χ1n) is 10.3. The van der Waals surface area contributed by atoms with Crippen LogP contribution in [0.2, 0.25) is 0 Å². The highest BCUT2D eigenvalue weighted by Gasteiger charge is 2.40. The van der Waals surface area contributed by atoms with Crippen molar-refractivity contribution in [1.29, 1.82) is 0 Å². The van der Waals surface area contributed by atoms with Crippen molar-refractivity contribution in [3.63, 3.8) is 0 Å². The van der Waals surface area contributed by atoms with Crippen molar-refractivity contribution in [2.75, 3.05) is 4.90 Å². The van der Waals surface area contributed by atoms with Crippen LogP contribution in [0.15, 0.2) is 66.9 Å². The fraction of sp³-hybridized carbons (Fsp3) is 0.292. The van der Waals surface area contributed by atoms with Gasteiger partial charge in [-0.1, -0.05) is 30.3 Å². The van der Waals surface area contributed by atoms with Crippen molar-refractivity contribution in [2.45, 2.75) is 44.1 Å². The van der Waals surface area contributed by atoms with Gasteiger partial charge in [0.2, 0.25) is 0 Å². The Morgan fingerprint density at radius 3 is 2.80 bits per heavy atom. The summed E-state index contributed by atoms with van der Waals surface area (Å²) in [5.74, 6) is 1.37. The van der Waals surface area contributed by atoms with Gasteiger partial charge >= 0.3 is 0 Å². The highest BCUT2D eigenvalue weighted by atomic mass is 19.1. The van der Waals surface area contributed by atoms with E-state index >= 15 is 0 Å². The maximum absolute atomic E-state index is 14.1. The van der Waals surface area contributed by atoms with Crippen molar-refractivity contribution in [1.82, 2.24) is 4.98 Å². The molecule has 1 aliphatic heterocycles. The Kier molecular flexibility index (Phi) is 5.11. The number of aliphatic hydroxyl groups is 1. The molecule has 0 spiro atoms. The Balaban J connectivity index is 1.45. The number of anilines is 2. The molecule has 154 valence electrons. The van der Waals surface area contributed by atoms with Gasteiger partial charge in [-0.3, -0.25) is 0 Å². The lowest BCUT2D eigenvalue weighted by molar-refractivity contribution is -0.0741. The molecular weight excluding hydrogens is 383 g/mol. The van der Waals surface area contributed by atoms with Gasteiger partial charge in [0.1, 0.15) is 11.9 Å². The van der Waals surface area contributed by atoms with Gasteiger partial charge < -0.3 is 19.5 Å². The molecule has 0 unspecified atom stereocenters. The average molecular weight is 406 g/mol. The molecule has 1 aromatic heterocycles. The van der Waals surface area contributed by atoms with Crippen LogP contribution in [0.25, 0.3) is 0 Å². The smallest absolute Gasteiger partial charge is 0.177 e. The topological polar surface area (TPSA) is 54.8 Å². The number of rotatable bonds is 4. The second-order valence-electron chi connectivity index (χ2n) is 7.73. The fourth-order valence-electron chi connectivity index (χ4n) is 4.33. The zero-order valence-corrected chi connectivity index (χ0v) is 16.4. The van der Waals surface area contributed by atoms with Crippen molar-refractivity contribution < 1.29 is 19.0 Å². The quantitative estimate of drug-likeness (QED) is 0.663. The van der Waals surface area contributed by atoms with E-state index in [-0.39, 0.29) is 18.0 Å². The first kappa shape index (κ1) is 19.0. The van der Waals surface area contributed by atoms with Crippen LogP contribution in [0.1, 0.15) is 24.8 Å². The lowest BCUT2D eigenvalue weighted by Crippen LogP contribution is -2.51. The third-order valence-electron chi connectivity index (χ3n) is 5.78. The number of benzene rings is 2. The van der Waals surface area contributed by atoms with Gasteiger partial charge in [-0.15, -0.1) is 0 Å². The van der Waals surface area contributed by atoms with Gasteiger partial charge in [-0.05, 0) is 49.1 Å². The highest BCUT2D eigenvalue weighted by molar-refractivity contribution is 5.76. The summed E-state index contributed by atoms with van der Waals surface area (Å²) in [7, 11) is 0. The Morgan fingerprint density at radius 1 is 1.07 bits per heavy atom. The molecule has 1 fully saturated rings. The molecule has 0 radical (unpaired) electrons. The number of halogens is 1. The van der Waals surface area contributed by atoms with Crippen LogP contribution in [-0.2, 0) is 11.3 Å². The highest BCUT2D eigenvalue weighted by Crippen LogP contribution is 2.48. The minimum absolute atomic E-state index is 0.294. The zero-order chi connectivity index (χ0) is 20.5. The molecule has 0 bridgehead atoms. The first-order valence-corrected chi connectivity index (χ1v) is 10.3. The predicted octanol–water partition coefficient (Wildman–Crippen LogP) is 4.96. The van der Waals surface area contributed by atoms with Crippen LogP contribution in [0.5, 0.6) is 11.5 Å². The zero-order valence-electron chi connectivity index (χ0n) is 16.4. The molecular formula is C24H23FN2O3. The monoisotopic (exact) mass is 406 g/mol. The molecule has 1 N–H and O–H groups in total. The lowest BCUT2D eigenvalue weighted by atomic mass is 9.88. The van der Waals surface area contributed by atoms with Crippen molar-refractivity contribution >= 4 is 11.5 Å². The largest absolute Gasteiger partial charge is 0.451 e. The molecule has 2 aromatic carbocycles. The molecule has 30 heavy (non-hydrogen) atoms. The van der Waals surface area contributed by atoms with Crippen molar-refractivity contribution in [3.05, 3.63) is 78.2 Å². The molecule has 3 atom stereocenters. The standard InChI is InChI=1S/C24H23FN2O3/c25-17-11-12-20-19(14-17)27(24-22(30-20)10-5-13-26-24)18-8-4-9-21(23(18)28)29-15-16-6-2-1-3-7-16/h1-3,5-7,10-14,18,21,23,28H,4,8-9,15H2/t18-,21-,23+/m1/s1. The van der Waals surface area contributed by atoms with Crippen LogP contribution >= 0.6 is 0 Å². The third-order valence-corrected chi connectivity index (χ3v) is 5.78. The van der Waals surface area contributed by atoms with E-state index in [1.54, 1.807) is 18.3 Å². The lowest BCUT2D eigenvalue weighted by Gasteiger charge is -2.43. The second kappa shape index (κ2) is 8.05. The Bertz CT molecular complexity index is 1030. The first-order chi connectivity index (χ1) is 14.7. The van der Waals surface area contributed by atoms with Gasteiger partial charge in [0.05, 0.1) is 24.4 Å². The van der Waals surface area contributed by atoms with Crippen LogP contribution < -0.4 is 9.64 Å². The summed E-state index contributed by atoms with van der Waals surface area (Å²) < 4.78 is 26.1. The number of aliphatic hydroxyl groups excluding tert-OH is 1. The normalized spacial score (nSPS) is 22.7. The summed E-state index contributed by atoms with van der Waals surface area (Å²) in [6.45, 7) is 0.443. The summed E-state index contributed by atoms with van der Waals surface area (Å²) in [6.07, 6.45) is 3.05. The number of nitrogens with zero attached hydrogens (tertiary/aromatic N) is 2. The minimum Gasteiger partial charge on any atom is -0.451 e. The van der Waals surface area contributed by atoms with E-state index in [1.807, 2.05) is 41.3 Å².